The highest BCUT2D eigenvalue weighted by Crippen LogP contribution is 2.17. The number of aromatic nitrogens is 4. The third-order valence-electron chi connectivity index (χ3n) is 3.01. The molecule has 0 aliphatic carbocycles. The second kappa shape index (κ2) is 5.84. The number of aromatic amines is 1. The second-order valence-corrected chi connectivity index (χ2v) is 4.42. The molecule has 0 aliphatic heterocycles. The Bertz CT molecular complexity index is 738. The first-order valence-electron chi connectivity index (χ1n) is 6.40. The van der Waals surface area contributed by atoms with Gasteiger partial charge in [-0.15, -0.1) is 0 Å². The van der Waals surface area contributed by atoms with Crippen LogP contribution in [-0.2, 0) is 6.54 Å². The van der Waals surface area contributed by atoms with Crippen molar-refractivity contribution < 1.29 is 0 Å². The Morgan fingerprint density at radius 2 is 1.95 bits per heavy atom. The quantitative estimate of drug-likeness (QED) is 0.763. The predicted molar refractivity (Wildman–Crippen MR) is 78.1 cm³/mol. The molecular weight excluding hydrogens is 264 g/mol. The molecular formula is C15H12N6. The molecule has 1 aromatic carbocycles. The molecule has 21 heavy (non-hydrogen) atoms. The van der Waals surface area contributed by atoms with Crippen molar-refractivity contribution in [3.8, 4) is 17.3 Å². The van der Waals surface area contributed by atoms with Gasteiger partial charge in [0, 0.05) is 12.7 Å². The lowest BCUT2D eigenvalue weighted by atomic mass is 10.1. The maximum atomic E-state index is 8.66. The van der Waals surface area contributed by atoms with E-state index in [0.29, 0.717) is 18.1 Å². The van der Waals surface area contributed by atoms with Crippen LogP contribution in [-0.4, -0.2) is 20.2 Å². The number of anilines is 1. The zero-order valence-electron chi connectivity index (χ0n) is 11.1. The summed E-state index contributed by atoms with van der Waals surface area (Å²) in [5.41, 5.74) is 3.52. The van der Waals surface area contributed by atoms with Gasteiger partial charge in [-0.25, -0.2) is 9.97 Å². The molecule has 0 saturated carbocycles. The molecule has 0 spiro atoms. The number of nitrogens with one attached hydrogen (secondary N) is 2. The van der Waals surface area contributed by atoms with Crippen molar-refractivity contribution in [3.63, 3.8) is 0 Å². The van der Waals surface area contributed by atoms with Gasteiger partial charge >= 0.3 is 0 Å². The van der Waals surface area contributed by atoms with Crippen molar-refractivity contribution in [2.45, 2.75) is 6.54 Å². The minimum Gasteiger partial charge on any atom is -0.365 e. The van der Waals surface area contributed by atoms with Crippen LogP contribution in [0.4, 0.5) is 5.82 Å². The fourth-order valence-electron chi connectivity index (χ4n) is 1.89. The molecule has 0 fully saturated rings. The largest absolute Gasteiger partial charge is 0.365 e. The molecule has 6 heteroatoms. The van der Waals surface area contributed by atoms with Crippen molar-refractivity contribution >= 4 is 5.82 Å². The van der Waals surface area contributed by atoms with Gasteiger partial charge < -0.3 is 5.32 Å². The van der Waals surface area contributed by atoms with Gasteiger partial charge in [0.2, 0.25) is 0 Å². The smallest absolute Gasteiger partial charge is 0.158 e. The van der Waals surface area contributed by atoms with Crippen LogP contribution in [0.1, 0.15) is 11.3 Å². The summed E-state index contributed by atoms with van der Waals surface area (Å²) in [4.78, 5) is 8.07. The topological polar surface area (TPSA) is 90.3 Å². The maximum Gasteiger partial charge on any atom is 0.158 e. The molecule has 2 heterocycles. The lowest BCUT2D eigenvalue weighted by molar-refractivity contribution is 1.07. The number of nitrogens with zero attached hydrogens (tertiary/aromatic N) is 4. The van der Waals surface area contributed by atoms with Crippen LogP contribution in [0.15, 0.2) is 48.9 Å². The van der Waals surface area contributed by atoms with Gasteiger partial charge in [0.05, 0.1) is 18.1 Å². The zero-order valence-corrected chi connectivity index (χ0v) is 11.1. The normalized spacial score (nSPS) is 10.0. The van der Waals surface area contributed by atoms with E-state index in [1.807, 2.05) is 36.4 Å². The van der Waals surface area contributed by atoms with Gasteiger partial charge in [0.15, 0.2) is 5.69 Å². The SMILES string of the molecule is N#Cc1cnc(NCc2ccc(-c3ccn[nH]3)cc2)cn1. The summed E-state index contributed by atoms with van der Waals surface area (Å²) in [5.74, 6) is 0.645. The molecule has 0 atom stereocenters. The van der Waals surface area contributed by atoms with E-state index in [4.69, 9.17) is 5.26 Å². The van der Waals surface area contributed by atoms with Crippen LogP contribution >= 0.6 is 0 Å². The summed E-state index contributed by atoms with van der Waals surface area (Å²) >= 11 is 0. The predicted octanol–water partition coefficient (Wildman–Crippen LogP) is 2.35. The van der Waals surface area contributed by atoms with Crippen LogP contribution in [0, 0.1) is 11.3 Å². The van der Waals surface area contributed by atoms with Gasteiger partial charge in [-0.2, -0.15) is 10.4 Å². The number of hydrogen-bond donors (Lipinski definition) is 2. The van der Waals surface area contributed by atoms with Crippen LogP contribution in [0.3, 0.4) is 0 Å². The van der Waals surface area contributed by atoms with E-state index in [-0.39, 0.29) is 0 Å². The van der Waals surface area contributed by atoms with E-state index in [2.05, 4.69) is 25.5 Å². The molecule has 3 rings (SSSR count). The van der Waals surface area contributed by atoms with E-state index in [9.17, 15) is 0 Å². The van der Waals surface area contributed by atoms with Gasteiger partial charge in [-0.05, 0) is 17.2 Å². The molecule has 0 unspecified atom stereocenters. The number of rotatable bonds is 4. The molecule has 6 nitrogen and oxygen atoms in total. The van der Waals surface area contributed by atoms with Gasteiger partial charge in [-0.1, -0.05) is 24.3 Å². The highest BCUT2D eigenvalue weighted by Gasteiger charge is 2.00. The first kappa shape index (κ1) is 12.8. The molecule has 102 valence electrons. The summed E-state index contributed by atoms with van der Waals surface area (Å²) in [6.07, 6.45) is 4.73. The first-order chi connectivity index (χ1) is 10.3. The number of hydrogen-bond acceptors (Lipinski definition) is 5. The minimum atomic E-state index is 0.310. The van der Waals surface area contributed by atoms with Crippen molar-refractivity contribution in [3.05, 3.63) is 60.2 Å². The zero-order chi connectivity index (χ0) is 14.5. The minimum absolute atomic E-state index is 0.310. The summed E-state index contributed by atoms with van der Waals surface area (Å²) in [6, 6.07) is 12.0. The Labute approximate surface area is 121 Å². The molecule has 2 aromatic heterocycles. The Morgan fingerprint density at radius 3 is 2.57 bits per heavy atom. The van der Waals surface area contributed by atoms with Gasteiger partial charge in [-0.3, -0.25) is 5.10 Å². The highest BCUT2D eigenvalue weighted by molar-refractivity contribution is 5.58. The summed E-state index contributed by atoms with van der Waals surface area (Å²) in [6.45, 7) is 0.643. The molecule has 0 bridgehead atoms. The average Bonchev–Trinajstić information content (AvgIpc) is 3.08. The van der Waals surface area contributed by atoms with E-state index in [1.54, 1.807) is 12.4 Å². The Kier molecular flexibility index (Phi) is 3.56. The molecule has 3 aromatic rings. The number of nitriles is 1. The number of H-pyrrole nitrogens is 1. The summed E-state index contributed by atoms with van der Waals surface area (Å²) < 4.78 is 0. The second-order valence-electron chi connectivity index (χ2n) is 4.42. The van der Waals surface area contributed by atoms with Crippen LogP contribution in [0.5, 0.6) is 0 Å². The third-order valence-corrected chi connectivity index (χ3v) is 3.01. The van der Waals surface area contributed by atoms with Crippen LogP contribution in [0.25, 0.3) is 11.3 Å². The lowest BCUT2D eigenvalue weighted by Gasteiger charge is -2.06. The summed E-state index contributed by atoms with van der Waals surface area (Å²) in [5, 5.41) is 18.7. The molecule has 0 radical (unpaired) electrons. The Balaban J connectivity index is 1.64. The highest BCUT2D eigenvalue weighted by atomic mass is 15.1. The molecule has 0 saturated heterocycles. The van der Waals surface area contributed by atoms with E-state index < -0.39 is 0 Å². The van der Waals surface area contributed by atoms with Crippen molar-refractivity contribution in [1.29, 1.82) is 5.26 Å². The third kappa shape index (κ3) is 3.04. The van der Waals surface area contributed by atoms with Crippen molar-refractivity contribution in [2.24, 2.45) is 0 Å². The van der Waals surface area contributed by atoms with Crippen molar-refractivity contribution in [2.75, 3.05) is 5.32 Å². The number of benzene rings is 1. The first-order valence-corrected chi connectivity index (χ1v) is 6.40. The van der Waals surface area contributed by atoms with Crippen molar-refractivity contribution in [1.82, 2.24) is 20.2 Å². The Hall–Kier alpha value is -3.20. The van der Waals surface area contributed by atoms with Gasteiger partial charge in [0.1, 0.15) is 11.9 Å². The molecule has 0 amide bonds. The molecule has 2 N–H and O–H groups in total. The Morgan fingerprint density at radius 1 is 1.10 bits per heavy atom. The van der Waals surface area contributed by atoms with E-state index in [1.165, 1.54) is 6.20 Å². The van der Waals surface area contributed by atoms with E-state index in [0.717, 1.165) is 16.8 Å². The maximum absolute atomic E-state index is 8.66. The monoisotopic (exact) mass is 276 g/mol. The molecule has 0 aliphatic rings. The van der Waals surface area contributed by atoms with Crippen LogP contribution < -0.4 is 5.32 Å². The van der Waals surface area contributed by atoms with E-state index >= 15 is 0 Å². The lowest BCUT2D eigenvalue weighted by Crippen LogP contribution is -2.02. The standard InChI is InChI=1S/C15H12N6/c16-7-13-9-19-15(10-17-13)18-8-11-1-3-12(4-2-11)14-5-6-20-21-14/h1-6,9-10H,8H2,(H,18,19)(H,20,21). The fourth-order valence-corrected chi connectivity index (χ4v) is 1.89. The van der Waals surface area contributed by atoms with Crippen LogP contribution in [0.2, 0.25) is 0 Å². The van der Waals surface area contributed by atoms with Gasteiger partial charge in [0.25, 0.3) is 0 Å². The fraction of sp³-hybridized carbons (Fsp3) is 0.0667. The average molecular weight is 276 g/mol. The summed E-state index contributed by atoms with van der Waals surface area (Å²) in [7, 11) is 0.